The Labute approximate surface area is 126 Å². The monoisotopic (exact) mass is 308 g/mol. The van der Waals surface area contributed by atoms with Crippen LogP contribution in [0.25, 0.3) is 0 Å². The average molecular weight is 308 g/mol. The first-order chi connectivity index (χ1) is 9.79. The van der Waals surface area contributed by atoms with E-state index in [4.69, 9.17) is 4.74 Å². The van der Waals surface area contributed by atoms with Crippen LogP contribution in [0.3, 0.4) is 0 Å². The molecule has 2 aromatic rings. The van der Waals surface area contributed by atoms with E-state index in [1.165, 1.54) is 11.1 Å². The zero-order valence-corrected chi connectivity index (χ0v) is 12.8. The number of thioether (sulfide) groups is 1. The smallest absolute Gasteiger partial charge is 0.252 e. The van der Waals surface area contributed by atoms with Crippen molar-refractivity contribution in [1.82, 2.24) is 10.3 Å². The maximum absolute atomic E-state index is 11.8. The number of thiophene rings is 1. The van der Waals surface area contributed by atoms with E-state index in [-0.39, 0.29) is 5.91 Å². The fraction of sp³-hybridized carbons (Fsp3) is 0.286. The molecule has 106 valence electrons. The summed E-state index contributed by atoms with van der Waals surface area (Å²) in [5.74, 6) is 2.30. The largest absolute Gasteiger partial charge is 0.481 e. The predicted molar refractivity (Wildman–Crippen MR) is 83.6 cm³/mol. The Hall–Kier alpha value is -1.53. The molecule has 2 heterocycles. The third-order valence-electron chi connectivity index (χ3n) is 2.56. The first-order valence-corrected chi connectivity index (χ1v) is 8.21. The second-order valence-corrected chi connectivity index (χ2v) is 6.11. The highest BCUT2D eigenvalue weighted by molar-refractivity contribution is 7.98. The molecule has 0 unspecified atom stereocenters. The van der Waals surface area contributed by atoms with Gasteiger partial charge in [-0.2, -0.15) is 11.8 Å². The molecule has 0 fully saturated rings. The number of rotatable bonds is 7. The number of hydrogen-bond acceptors (Lipinski definition) is 5. The van der Waals surface area contributed by atoms with E-state index in [2.05, 4.69) is 27.8 Å². The zero-order chi connectivity index (χ0) is 14.2. The number of methoxy groups -OCH3 is 1. The van der Waals surface area contributed by atoms with Crippen molar-refractivity contribution in [3.05, 3.63) is 46.3 Å². The Morgan fingerprint density at radius 2 is 2.35 bits per heavy atom. The Balaban J connectivity index is 1.66. The summed E-state index contributed by atoms with van der Waals surface area (Å²) in [5, 5.41) is 4.96. The summed E-state index contributed by atoms with van der Waals surface area (Å²) in [7, 11) is 1.55. The van der Waals surface area contributed by atoms with Gasteiger partial charge in [-0.3, -0.25) is 4.79 Å². The first kappa shape index (κ1) is 14.9. The molecule has 0 atom stereocenters. The average Bonchev–Trinajstić information content (AvgIpc) is 3.00. The maximum Gasteiger partial charge on any atom is 0.252 e. The number of amides is 1. The number of pyridine rings is 1. The molecular weight excluding hydrogens is 292 g/mol. The van der Waals surface area contributed by atoms with Gasteiger partial charge >= 0.3 is 0 Å². The highest BCUT2D eigenvalue weighted by Gasteiger charge is 2.05. The molecule has 0 bridgehead atoms. The van der Waals surface area contributed by atoms with Crippen LogP contribution in [0.4, 0.5) is 0 Å². The first-order valence-electron chi connectivity index (χ1n) is 6.18. The van der Waals surface area contributed by atoms with Crippen molar-refractivity contribution in [2.45, 2.75) is 5.75 Å². The topological polar surface area (TPSA) is 51.2 Å². The van der Waals surface area contributed by atoms with Gasteiger partial charge in [0.25, 0.3) is 5.91 Å². The molecule has 0 saturated carbocycles. The van der Waals surface area contributed by atoms with Crippen LogP contribution in [0.15, 0.2) is 35.8 Å². The van der Waals surface area contributed by atoms with E-state index >= 15 is 0 Å². The Morgan fingerprint density at radius 3 is 3.00 bits per heavy atom. The van der Waals surface area contributed by atoms with E-state index in [0.29, 0.717) is 18.0 Å². The molecule has 20 heavy (non-hydrogen) atoms. The minimum Gasteiger partial charge on any atom is -0.481 e. The SMILES string of the molecule is COc1ccc(C(=O)NCCSCc2cccs2)cn1. The molecule has 0 spiro atoms. The van der Waals surface area contributed by atoms with Gasteiger partial charge in [0.1, 0.15) is 0 Å². The summed E-state index contributed by atoms with van der Waals surface area (Å²) >= 11 is 3.57. The molecule has 1 N–H and O–H groups in total. The van der Waals surface area contributed by atoms with E-state index < -0.39 is 0 Å². The van der Waals surface area contributed by atoms with Gasteiger partial charge in [-0.15, -0.1) is 11.3 Å². The maximum atomic E-state index is 11.8. The Kier molecular flexibility index (Phi) is 5.88. The van der Waals surface area contributed by atoms with Crippen molar-refractivity contribution in [3.8, 4) is 5.88 Å². The lowest BCUT2D eigenvalue weighted by atomic mass is 10.2. The lowest BCUT2D eigenvalue weighted by Crippen LogP contribution is -2.25. The molecule has 0 aromatic carbocycles. The minimum absolute atomic E-state index is 0.100. The highest BCUT2D eigenvalue weighted by Crippen LogP contribution is 2.16. The van der Waals surface area contributed by atoms with Crippen molar-refractivity contribution >= 4 is 29.0 Å². The van der Waals surface area contributed by atoms with Crippen LogP contribution in [-0.2, 0) is 5.75 Å². The fourth-order valence-electron chi connectivity index (χ4n) is 1.54. The lowest BCUT2D eigenvalue weighted by molar-refractivity contribution is 0.0956. The van der Waals surface area contributed by atoms with Gasteiger partial charge in [0, 0.05) is 35.2 Å². The molecule has 0 radical (unpaired) electrons. The van der Waals surface area contributed by atoms with E-state index in [9.17, 15) is 4.79 Å². The molecule has 4 nitrogen and oxygen atoms in total. The van der Waals surface area contributed by atoms with Crippen molar-refractivity contribution in [3.63, 3.8) is 0 Å². The normalized spacial score (nSPS) is 10.2. The van der Waals surface area contributed by atoms with Crippen LogP contribution in [0.2, 0.25) is 0 Å². The van der Waals surface area contributed by atoms with Gasteiger partial charge in [-0.05, 0) is 17.5 Å². The quantitative estimate of drug-likeness (QED) is 0.799. The summed E-state index contributed by atoms with van der Waals surface area (Å²) in [5.41, 5.74) is 0.550. The number of nitrogens with one attached hydrogen (secondary N) is 1. The van der Waals surface area contributed by atoms with Crippen LogP contribution in [-0.4, -0.2) is 30.3 Å². The molecule has 0 aliphatic rings. The number of nitrogens with zero attached hydrogens (tertiary/aromatic N) is 1. The number of ether oxygens (including phenoxy) is 1. The van der Waals surface area contributed by atoms with Gasteiger partial charge in [0.2, 0.25) is 5.88 Å². The summed E-state index contributed by atoms with van der Waals surface area (Å²) in [4.78, 5) is 17.2. The minimum atomic E-state index is -0.100. The van der Waals surface area contributed by atoms with Crippen molar-refractivity contribution in [1.29, 1.82) is 0 Å². The fourth-order valence-corrected chi connectivity index (χ4v) is 3.24. The number of carbonyl (C=O) groups excluding carboxylic acids is 1. The Bertz CT molecular complexity index is 527. The van der Waals surface area contributed by atoms with Crippen molar-refractivity contribution in [2.75, 3.05) is 19.4 Å². The number of carbonyl (C=O) groups is 1. The molecule has 0 aliphatic carbocycles. The summed E-state index contributed by atoms with van der Waals surface area (Å²) in [6.07, 6.45) is 1.52. The van der Waals surface area contributed by atoms with Crippen LogP contribution in [0.1, 0.15) is 15.2 Å². The highest BCUT2D eigenvalue weighted by atomic mass is 32.2. The summed E-state index contributed by atoms with van der Waals surface area (Å²) in [6.45, 7) is 0.654. The second kappa shape index (κ2) is 7.91. The van der Waals surface area contributed by atoms with Gasteiger partial charge in [-0.1, -0.05) is 6.07 Å². The van der Waals surface area contributed by atoms with Crippen LogP contribution in [0, 0.1) is 0 Å². The number of aromatic nitrogens is 1. The molecule has 2 rings (SSSR count). The van der Waals surface area contributed by atoms with Gasteiger partial charge < -0.3 is 10.1 Å². The molecule has 1 amide bonds. The van der Waals surface area contributed by atoms with Gasteiger partial charge in [0.05, 0.1) is 12.7 Å². The molecule has 6 heteroatoms. The van der Waals surface area contributed by atoms with E-state index in [1.54, 1.807) is 30.6 Å². The third kappa shape index (κ3) is 4.54. The van der Waals surface area contributed by atoms with Crippen LogP contribution < -0.4 is 10.1 Å². The lowest BCUT2D eigenvalue weighted by Gasteiger charge is -2.05. The van der Waals surface area contributed by atoms with Gasteiger partial charge in [0.15, 0.2) is 0 Å². The van der Waals surface area contributed by atoms with Crippen molar-refractivity contribution < 1.29 is 9.53 Å². The van der Waals surface area contributed by atoms with E-state index in [1.807, 2.05) is 11.8 Å². The molecule has 0 saturated heterocycles. The predicted octanol–water partition coefficient (Wildman–Crippen LogP) is 2.81. The van der Waals surface area contributed by atoms with Gasteiger partial charge in [-0.25, -0.2) is 4.98 Å². The van der Waals surface area contributed by atoms with E-state index in [0.717, 1.165) is 11.5 Å². The second-order valence-electron chi connectivity index (χ2n) is 3.98. The standard InChI is InChI=1S/C14H16N2O2S2/c1-18-13-5-4-11(9-16-13)14(17)15-6-8-19-10-12-3-2-7-20-12/h2-5,7,9H,6,8,10H2,1H3,(H,15,17). The third-order valence-corrected chi connectivity index (χ3v) is 4.63. The molecule has 0 aliphatic heterocycles. The summed E-state index contributed by atoms with van der Waals surface area (Å²) in [6, 6.07) is 7.57. The van der Waals surface area contributed by atoms with Crippen LogP contribution >= 0.6 is 23.1 Å². The number of hydrogen-bond donors (Lipinski definition) is 1. The molecule has 2 aromatic heterocycles. The van der Waals surface area contributed by atoms with Crippen LogP contribution in [0.5, 0.6) is 5.88 Å². The summed E-state index contributed by atoms with van der Waals surface area (Å²) < 4.78 is 4.95. The molecular formula is C14H16N2O2S2. The zero-order valence-electron chi connectivity index (χ0n) is 11.2. The Morgan fingerprint density at radius 1 is 1.45 bits per heavy atom. The van der Waals surface area contributed by atoms with Crippen molar-refractivity contribution in [2.24, 2.45) is 0 Å².